The van der Waals surface area contributed by atoms with Gasteiger partial charge >= 0.3 is 6.03 Å². The SMILES string of the molecule is Cc1ccc(C)c(NC(=O)N(C)CCc2noc(-c3ccccc3)n2)c1. The van der Waals surface area contributed by atoms with Gasteiger partial charge < -0.3 is 14.7 Å². The fourth-order valence-electron chi connectivity index (χ4n) is 2.50. The van der Waals surface area contributed by atoms with Crippen LogP contribution in [0.25, 0.3) is 11.5 Å². The number of hydrogen-bond acceptors (Lipinski definition) is 4. The summed E-state index contributed by atoms with van der Waals surface area (Å²) in [5, 5.41) is 6.93. The Labute approximate surface area is 152 Å². The molecule has 3 aromatic rings. The van der Waals surface area contributed by atoms with Gasteiger partial charge in [0.15, 0.2) is 5.82 Å². The highest BCUT2D eigenvalue weighted by Crippen LogP contribution is 2.18. The molecule has 0 atom stereocenters. The summed E-state index contributed by atoms with van der Waals surface area (Å²) in [5.74, 6) is 1.07. The molecule has 2 aromatic carbocycles. The standard InChI is InChI=1S/C20H22N4O2/c1-14-9-10-15(2)17(13-14)21-20(25)24(3)12-11-18-22-19(26-23-18)16-7-5-4-6-8-16/h4-10,13H,11-12H2,1-3H3,(H,21,25). The third-order valence-corrected chi connectivity index (χ3v) is 4.14. The van der Waals surface area contributed by atoms with E-state index in [4.69, 9.17) is 4.52 Å². The number of nitrogens with one attached hydrogen (secondary N) is 1. The maximum Gasteiger partial charge on any atom is 0.321 e. The second-order valence-electron chi connectivity index (χ2n) is 6.30. The van der Waals surface area contributed by atoms with E-state index in [9.17, 15) is 4.79 Å². The highest BCUT2D eigenvalue weighted by atomic mass is 16.5. The molecular weight excluding hydrogens is 328 g/mol. The molecule has 6 nitrogen and oxygen atoms in total. The lowest BCUT2D eigenvalue weighted by Gasteiger charge is -2.18. The molecule has 3 rings (SSSR count). The van der Waals surface area contributed by atoms with Crippen molar-refractivity contribution in [2.24, 2.45) is 0 Å². The van der Waals surface area contributed by atoms with E-state index in [1.807, 2.05) is 62.4 Å². The Bertz CT molecular complexity index is 890. The molecule has 0 aliphatic carbocycles. The maximum atomic E-state index is 12.4. The molecule has 0 fully saturated rings. The van der Waals surface area contributed by atoms with Crippen LogP contribution in [0.5, 0.6) is 0 Å². The van der Waals surface area contributed by atoms with E-state index in [1.165, 1.54) is 0 Å². The molecule has 6 heteroatoms. The average molecular weight is 350 g/mol. The first-order valence-electron chi connectivity index (χ1n) is 8.50. The van der Waals surface area contributed by atoms with Gasteiger partial charge in [0.25, 0.3) is 5.89 Å². The van der Waals surface area contributed by atoms with Crippen molar-refractivity contribution in [1.29, 1.82) is 0 Å². The number of nitrogens with zero attached hydrogens (tertiary/aromatic N) is 3. The van der Waals surface area contributed by atoms with Gasteiger partial charge in [0.05, 0.1) is 0 Å². The van der Waals surface area contributed by atoms with E-state index in [0.29, 0.717) is 24.7 Å². The predicted octanol–water partition coefficient (Wildman–Crippen LogP) is 4.06. The maximum absolute atomic E-state index is 12.4. The smallest absolute Gasteiger partial charge is 0.321 e. The van der Waals surface area contributed by atoms with Gasteiger partial charge in [-0.1, -0.05) is 35.5 Å². The van der Waals surface area contributed by atoms with Crippen LogP contribution in [0.1, 0.15) is 17.0 Å². The predicted molar refractivity (Wildman–Crippen MR) is 101 cm³/mol. The molecule has 0 spiro atoms. The van der Waals surface area contributed by atoms with Crippen LogP contribution in [0.2, 0.25) is 0 Å². The number of aryl methyl sites for hydroxylation is 2. The van der Waals surface area contributed by atoms with Crippen LogP contribution in [-0.2, 0) is 6.42 Å². The summed E-state index contributed by atoms with van der Waals surface area (Å²) in [6.07, 6.45) is 0.521. The third kappa shape index (κ3) is 4.27. The van der Waals surface area contributed by atoms with E-state index < -0.39 is 0 Å². The Kier molecular flexibility index (Phi) is 5.31. The van der Waals surface area contributed by atoms with Gasteiger partial charge in [-0.25, -0.2) is 4.79 Å². The largest absolute Gasteiger partial charge is 0.334 e. The lowest BCUT2D eigenvalue weighted by atomic mass is 10.1. The van der Waals surface area contributed by atoms with E-state index in [0.717, 1.165) is 22.4 Å². The average Bonchev–Trinajstić information content (AvgIpc) is 3.12. The summed E-state index contributed by atoms with van der Waals surface area (Å²) in [6.45, 7) is 4.46. The van der Waals surface area contributed by atoms with Crippen molar-refractivity contribution in [1.82, 2.24) is 15.0 Å². The first-order chi connectivity index (χ1) is 12.5. The van der Waals surface area contributed by atoms with Gasteiger partial charge in [-0.15, -0.1) is 0 Å². The van der Waals surface area contributed by atoms with Crippen LogP contribution in [0.15, 0.2) is 53.1 Å². The quantitative estimate of drug-likeness (QED) is 0.753. The number of rotatable bonds is 5. The minimum atomic E-state index is -0.162. The summed E-state index contributed by atoms with van der Waals surface area (Å²) >= 11 is 0. The van der Waals surface area contributed by atoms with Gasteiger partial charge in [0, 0.05) is 31.3 Å². The Balaban J connectivity index is 1.57. The van der Waals surface area contributed by atoms with Crippen molar-refractivity contribution in [3.63, 3.8) is 0 Å². The molecule has 0 aliphatic rings. The zero-order chi connectivity index (χ0) is 18.5. The monoisotopic (exact) mass is 350 g/mol. The number of aromatic nitrogens is 2. The van der Waals surface area contributed by atoms with Crippen LogP contribution >= 0.6 is 0 Å². The Morgan fingerprint density at radius 3 is 2.69 bits per heavy atom. The molecule has 1 aromatic heterocycles. The van der Waals surface area contributed by atoms with Crippen molar-refractivity contribution < 1.29 is 9.32 Å². The zero-order valence-electron chi connectivity index (χ0n) is 15.2. The van der Waals surface area contributed by atoms with Crippen LogP contribution in [-0.4, -0.2) is 34.7 Å². The molecule has 26 heavy (non-hydrogen) atoms. The van der Waals surface area contributed by atoms with Crippen molar-refractivity contribution in [3.05, 3.63) is 65.5 Å². The number of carbonyl (C=O) groups excluding carboxylic acids is 1. The molecular formula is C20H22N4O2. The molecule has 2 amide bonds. The number of anilines is 1. The van der Waals surface area contributed by atoms with Crippen LogP contribution in [0.4, 0.5) is 10.5 Å². The van der Waals surface area contributed by atoms with Gasteiger partial charge in [-0.05, 0) is 43.2 Å². The Morgan fingerprint density at radius 2 is 1.92 bits per heavy atom. The van der Waals surface area contributed by atoms with E-state index in [-0.39, 0.29) is 6.03 Å². The second-order valence-corrected chi connectivity index (χ2v) is 6.30. The van der Waals surface area contributed by atoms with Gasteiger partial charge in [-0.3, -0.25) is 0 Å². The zero-order valence-corrected chi connectivity index (χ0v) is 15.2. The summed E-state index contributed by atoms with van der Waals surface area (Å²) < 4.78 is 5.29. The van der Waals surface area contributed by atoms with Crippen LogP contribution in [0, 0.1) is 13.8 Å². The Morgan fingerprint density at radius 1 is 1.15 bits per heavy atom. The topological polar surface area (TPSA) is 71.3 Å². The first kappa shape index (κ1) is 17.7. The number of carbonyl (C=O) groups is 1. The van der Waals surface area contributed by atoms with Gasteiger partial charge in [0.2, 0.25) is 0 Å². The minimum Gasteiger partial charge on any atom is -0.334 e. The fourth-order valence-corrected chi connectivity index (χ4v) is 2.50. The first-order valence-corrected chi connectivity index (χ1v) is 8.50. The number of amides is 2. The number of likely N-dealkylation sites (N-methyl/N-ethyl adjacent to an activating group) is 1. The molecule has 0 radical (unpaired) electrons. The van der Waals surface area contributed by atoms with Crippen molar-refractivity contribution >= 4 is 11.7 Å². The normalized spacial score (nSPS) is 10.6. The second kappa shape index (κ2) is 7.82. The fraction of sp³-hybridized carbons (Fsp3) is 0.250. The van der Waals surface area contributed by atoms with E-state index >= 15 is 0 Å². The molecule has 0 unspecified atom stereocenters. The molecule has 0 aliphatic heterocycles. The summed E-state index contributed by atoms with van der Waals surface area (Å²) in [5.41, 5.74) is 3.84. The van der Waals surface area contributed by atoms with Crippen molar-refractivity contribution in [3.8, 4) is 11.5 Å². The van der Waals surface area contributed by atoms with Crippen LogP contribution < -0.4 is 5.32 Å². The molecule has 1 N–H and O–H groups in total. The van der Waals surface area contributed by atoms with Gasteiger partial charge in [0.1, 0.15) is 0 Å². The number of hydrogen-bond donors (Lipinski definition) is 1. The van der Waals surface area contributed by atoms with Crippen molar-refractivity contribution in [2.75, 3.05) is 18.9 Å². The summed E-state index contributed by atoms with van der Waals surface area (Å²) in [6, 6.07) is 15.4. The van der Waals surface area contributed by atoms with E-state index in [1.54, 1.807) is 11.9 Å². The highest BCUT2D eigenvalue weighted by Gasteiger charge is 2.13. The highest BCUT2D eigenvalue weighted by molar-refractivity contribution is 5.90. The van der Waals surface area contributed by atoms with Gasteiger partial charge in [-0.2, -0.15) is 4.98 Å². The molecule has 134 valence electrons. The number of benzene rings is 2. The molecule has 0 saturated heterocycles. The summed E-state index contributed by atoms with van der Waals surface area (Å²) in [4.78, 5) is 18.4. The van der Waals surface area contributed by atoms with E-state index in [2.05, 4.69) is 15.5 Å². The minimum absolute atomic E-state index is 0.162. The number of urea groups is 1. The Hall–Kier alpha value is -3.15. The lowest BCUT2D eigenvalue weighted by molar-refractivity contribution is 0.222. The van der Waals surface area contributed by atoms with Crippen LogP contribution in [0.3, 0.4) is 0 Å². The third-order valence-electron chi connectivity index (χ3n) is 4.14. The lowest BCUT2D eigenvalue weighted by Crippen LogP contribution is -2.33. The van der Waals surface area contributed by atoms with Crippen molar-refractivity contribution in [2.45, 2.75) is 20.3 Å². The summed E-state index contributed by atoms with van der Waals surface area (Å²) in [7, 11) is 1.75. The molecule has 1 heterocycles. The molecule has 0 bridgehead atoms. The molecule has 0 saturated carbocycles.